The zero-order valence-electron chi connectivity index (χ0n) is 17.4. The van der Waals surface area contributed by atoms with Gasteiger partial charge in [-0.05, 0) is 42.0 Å². The summed E-state index contributed by atoms with van der Waals surface area (Å²) in [5, 5.41) is 8.98. The van der Waals surface area contributed by atoms with Gasteiger partial charge in [0.05, 0.1) is 42.0 Å². The second-order valence-corrected chi connectivity index (χ2v) is 8.24. The maximum Gasteiger partial charge on any atom is 0.340 e. The van der Waals surface area contributed by atoms with Crippen molar-refractivity contribution >= 4 is 21.7 Å². The topological polar surface area (TPSA) is 115 Å². The molecule has 0 atom stereocenters. The van der Waals surface area contributed by atoms with Crippen molar-refractivity contribution in [3.63, 3.8) is 0 Å². The third-order valence-corrected chi connectivity index (χ3v) is 5.85. The Labute approximate surface area is 186 Å². The van der Waals surface area contributed by atoms with Crippen molar-refractivity contribution in [2.24, 2.45) is 0 Å². The number of hydrogen-bond acceptors (Lipinski definition) is 7. The summed E-state index contributed by atoms with van der Waals surface area (Å²) < 4.78 is 43.8. The highest BCUT2D eigenvalue weighted by atomic mass is 32.2. The van der Waals surface area contributed by atoms with Crippen molar-refractivity contribution < 1.29 is 27.4 Å². The largest absolute Gasteiger partial charge is 0.493 e. The molecule has 0 aromatic heterocycles. The van der Waals surface area contributed by atoms with E-state index in [2.05, 4.69) is 4.72 Å². The van der Waals surface area contributed by atoms with Crippen LogP contribution < -0.4 is 14.2 Å². The molecule has 3 rings (SSSR count). The molecule has 3 aromatic rings. The fourth-order valence-electron chi connectivity index (χ4n) is 2.89. The first kappa shape index (κ1) is 22.7. The summed E-state index contributed by atoms with van der Waals surface area (Å²) in [4.78, 5) is 12.6. The number of sulfonamides is 1. The number of anilines is 1. The Bertz CT molecular complexity index is 1280. The lowest BCUT2D eigenvalue weighted by Crippen LogP contribution is -2.16. The van der Waals surface area contributed by atoms with Crippen molar-refractivity contribution in [1.29, 1.82) is 5.26 Å². The van der Waals surface area contributed by atoms with Gasteiger partial charge in [-0.2, -0.15) is 5.26 Å². The van der Waals surface area contributed by atoms with Crippen LogP contribution in [-0.4, -0.2) is 28.6 Å². The van der Waals surface area contributed by atoms with Crippen LogP contribution >= 0.6 is 0 Å². The summed E-state index contributed by atoms with van der Waals surface area (Å²) in [7, 11) is -1.18. The molecule has 0 unspecified atom stereocenters. The second kappa shape index (κ2) is 9.85. The molecule has 32 heavy (non-hydrogen) atoms. The monoisotopic (exact) mass is 452 g/mol. The Balaban J connectivity index is 1.81. The van der Waals surface area contributed by atoms with Crippen LogP contribution in [0.3, 0.4) is 0 Å². The first-order valence-corrected chi connectivity index (χ1v) is 10.9. The van der Waals surface area contributed by atoms with Crippen LogP contribution in [0.25, 0.3) is 0 Å². The number of rotatable bonds is 8. The maximum absolute atomic E-state index is 12.9. The quantitative estimate of drug-likeness (QED) is 0.518. The zero-order valence-corrected chi connectivity index (χ0v) is 18.2. The van der Waals surface area contributed by atoms with E-state index in [1.165, 1.54) is 44.6 Å². The summed E-state index contributed by atoms with van der Waals surface area (Å²) in [5.41, 5.74) is 1.20. The van der Waals surface area contributed by atoms with E-state index in [0.717, 1.165) is 0 Å². The number of carbonyl (C=O) groups is 1. The molecule has 0 fully saturated rings. The normalized spacial score (nSPS) is 10.7. The zero-order chi connectivity index (χ0) is 23.1. The molecule has 0 radical (unpaired) electrons. The van der Waals surface area contributed by atoms with Crippen LogP contribution in [0.15, 0.2) is 71.6 Å². The van der Waals surface area contributed by atoms with Crippen molar-refractivity contribution in [2.75, 3.05) is 18.9 Å². The summed E-state index contributed by atoms with van der Waals surface area (Å²) >= 11 is 0. The molecule has 0 amide bonds. The smallest absolute Gasteiger partial charge is 0.340 e. The molecule has 0 aliphatic rings. The molecule has 164 valence electrons. The number of hydrogen-bond donors (Lipinski definition) is 1. The molecular formula is C23H20N2O6S. The lowest BCUT2D eigenvalue weighted by Gasteiger charge is -2.14. The Hall–Kier alpha value is -4.03. The number of nitrogens with one attached hydrogen (secondary N) is 1. The minimum absolute atomic E-state index is 0.0491. The predicted octanol–water partition coefficient (Wildman–Crippen LogP) is 3.73. The van der Waals surface area contributed by atoms with Gasteiger partial charge < -0.3 is 14.2 Å². The van der Waals surface area contributed by atoms with Gasteiger partial charge in [-0.25, -0.2) is 13.2 Å². The second-order valence-electron chi connectivity index (χ2n) is 6.56. The number of esters is 1. The van der Waals surface area contributed by atoms with Crippen molar-refractivity contribution in [3.05, 3.63) is 83.4 Å². The van der Waals surface area contributed by atoms with Crippen LogP contribution in [0.4, 0.5) is 5.69 Å². The third-order valence-electron chi connectivity index (χ3n) is 4.48. The highest BCUT2D eigenvalue weighted by molar-refractivity contribution is 7.92. The van der Waals surface area contributed by atoms with Crippen LogP contribution in [-0.2, 0) is 21.4 Å². The van der Waals surface area contributed by atoms with Crippen LogP contribution in [0.2, 0.25) is 0 Å². The lowest BCUT2D eigenvalue weighted by atomic mass is 10.1. The van der Waals surface area contributed by atoms with Gasteiger partial charge in [0.25, 0.3) is 10.0 Å². The molecular weight excluding hydrogens is 432 g/mol. The standard InChI is InChI=1S/C23H20N2O6S/c1-29-21-11-10-18(13-22(21)30-2)32(27,28)25-20-9-4-3-8-19(20)23(26)31-15-17-7-5-6-16(12-17)14-24/h3-13,25H,15H2,1-2H3. The fourth-order valence-corrected chi connectivity index (χ4v) is 3.99. The number of nitrogens with zero attached hydrogens (tertiary/aromatic N) is 1. The highest BCUT2D eigenvalue weighted by Gasteiger charge is 2.21. The fraction of sp³-hybridized carbons (Fsp3) is 0.130. The van der Waals surface area contributed by atoms with E-state index in [4.69, 9.17) is 19.5 Å². The number of nitriles is 1. The molecule has 0 bridgehead atoms. The van der Waals surface area contributed by atoms with Crippen molar-refractivity contribution in [3.8, 4) is 17.6 Å². The van der Waals surface area contributed by atoms with E-state index < -0.39 is 16.0 Å². The van der Waals surface area contributed by atoms with Crippen LogP contribution in [0, 0.1) is 11.3 Å². The van der Waals surface area contributed by atoms with Gasteiger partial charge in [-0.1, -0.05) is 24.3 Å². The van der Waals surface area contributed by atoms with Gasteiger partial charge in [0.2, 0.25) is 0 Å². The molecule has 0 aliphatic heterocycles. The number of benzene rings is 3. The van der Waals surface area contributed by atoms with Gasteiger partial charge in [0.1, 0.15) is 6.61 Å². The van der Waals surface area contributed by atoms with E-state index in [1.807, 2.05) is 6.07 Å². The lowest BCUT2D eigenvalue weighted by molar-refractivity contribution is 0.0474. The average molecular weight is 452 g/mol. The molecule has 0 saturated heterocycles. The van der Waals surface area contributed by atoms with E-state index in [1.54, 1.807) is 36.4 Å². The maximum atomic E-state index is 12.9. The number of carbonyl (C=O) groups excluding carboxylic acids is 1. The first-order valence-electron chi connectivity index (χ1n) is 9.38. The van der Waals surface area contributed by atoms with E-state index in [9.17, 15) is 13.2 Å². The first-order chi connectivity index (χ1) is 15.4. The van der Waals surface area contributed by atoms with Gasteiger partial charge in [0, 0.05) is 6.07 Å². The Morgan fingerprint density at radius 1 is 0.969 bits per heavy atom. The molecule has 9 heteroatoms. The van der Waals surface area contributed by atoms with Gasteiger partial charge >= 0.3 is 5.97 Å². The van der Waals surface area contributed by atoms with E-state index >= 15 is 0 Å². The minimum Gasteiger partial charge on any atom is -0.493 e. The summed E-state index contributed by atoms with van der Waals surface area (Å²) in [5.74, 6) is -0.0727. The molecule has 0 spiro atoms. The number of methoxy groups -OCH3 is 2. The summed E-state index contributed by atoms with van der Waals surface area (Å²) in [6.45, 7) is -0.0644. The van der Waals surface area contributed by atoms with Crippen LogP contribution in [0.1, 0.15) is 21.5 Å². The predicted molar refractivity (Wildman–Crippen MR) is 117 cm³/mol. The number of para-hydroxylation sites is 1. The Morgan fingerprint density at radius 3 is 2.44 bits per heavy atom. The molecule has 1 N–H and O–H groups in total. The minimum atomic E-state index is -4.03. The van der Waals surface area contributed by atoms with Crippen molar-refractivity contribution in [1.82, 2.24) is 0 Å². The molecule has 0 aliphatic carbocycles. The molecule has 0 heterocycles. The van der Waals surface area contributed by atoms with E-state index in [0.29, 0.717) is 16.9 Å². The van der Waals surface area contributed by atoms with Gasteiger partial charge in [0.15, 0.2) is 11.5 Å². The summed E-state index contributed by atoms with van der Waals surface area (Å²) in [6, 6.07) is 19.0. The Morgan fingerprint density at radius 2 is 1.72 bits per heavy atom. The molecule has 3 aromatic carbocycles. The van der Waals surface area contributed by atoms with Gasteiger partial charge in [-0.15, -0.1) is 0 Å². The van der Waals surface area contributed by atoms with Gasteiger partial charge in [-0.3, -0.25) is 4.72 Å². The average Bonchev–Trinajstić information content (AvgIpc) is 2.82. The summed E-state index contributed by atoms with van der Waals surface area (Å²) in [6.07, 6.45) is 0. The molecule has 8 nitrogen and oxygen atoms in total. The van der Waals surface area contributed by atoms with Crippen LogP contribution in [0.5, 0.6) is 11.5 Å². The third kappa shape index (κ3) is 5.17. The van der Waals surface area contributed by atoms with E-state index in [-0.39, 0.29) is 28.5 Å². The van der Waals surface area contributed by atoms with Crippen molar-refractivity contribution in [2.45, 2.75) is 11.5 Å². The number of ether oxygens (including phenoxy) is 3. The molecule has 0 saturated carbocycles. The Kier molecular flexibility index (Phi) is 6.97. The highest BCUT2D eigenvalue weighted by Crippen LogP contribution is 2.30. The SMILES string of the molecule is COc1ccc(S(=O)(=O)Nc2ccccc2C(=O)OCc2cccc(C#N)c2)cc1OC.